The van der Waals surface area contributed by atoms with Crippen molar-refractivity contribution in [1.82, 2.24) is 0 Å². The molecule has 0 spiro atoms. The van der Waals surface area contributed by atoms with Gasteiger partial charge in [0.1, 0.15) is 5.92 Å². The molecule has 0 radical (unpaired) electrons. The standard InChI is InChI=1S/C11H12O7S/c1-2-3-7-8(10(12)13)4-6(19(16,17)18)5-9(7)11(14)15/h3-5,8H,2H2,1H3,(H,12,13)(H,14,15)(H,16,17,18). The van der Waals surface area contributed by atoms with Gasteiger partial charge in [0.2, 0.25) is 0 Å². The molecule has 0 aromatic rings. The van der Waals surface area contributed by atoms with Gasteiger partial charge in [0.25, 0.3) is 10.1 Å². The molecule has 0 amide bonds. The van der Waals surface area contributed by atoms with Crippen molar-refractivity contribution in [1.29, 1.82) is 0 Å². The van der Waals surface area contributed by atoms with Gasteiger partial charge in [-0.2, -0.15) is 8.42 Å². The summed E-state index contributed by atoms with van der Waals surface area (Å²) >= 11 is 0. The lowest BCUT2D eigenvalue weighted by molar-refractivity contribution is -0.138. The Morgan fingerprint density at radius 3 is 2.32 bits per heavy atom. The fourth-order valence-electron chi connectivity index (χ4n) is 1.70. The largest absolute Gasteiger partial charge is 0.481 e. The first-order chi connectivity index (χ1) is 8.68. The van der Waals surface area contributed by atoms with Gasteiger partial charge in [-0.1, -0.05) is 13.0 Å². The highest BCUT2D eigenvalue weighted by atomic mass is 32.2. The van der Waals surface area contributed by atoms with E-state index >= 15 is 0 Å². The summed E-state index contributed by atoms with van der Waals surface area (Å²) in [6.07, 6.45) is 3.35. The predicted molar refractivity (Wildman–Crippen MR) is 64.9 cm³/mol. The van der Waals surface area contributed by atoms with Gasteiger partial charge in [-0.3, -0.25) is 9.35 Å². The Morgan fingerprint density at radius 1 is 1.37 bits per heavy atom. The van der Waals surface area contributed by atoms with Crippen molar-refractivity contribution in [3.05, 3.63) is 34.3 Å². The number of allylic oxidation sites excluding steroid dienone is 2. The topological polar surface area (TPSA) is 129 Å². The molecule has 8 heteroatoms. The van der Waals surface area contributed by atoms with E-state index in [1.54, 1.807) is 6.92 Å². The Labute approximate surface area is 109 Å². The number of aliphatic carboxylic acids is 2. The minimum atomic E-state index is -4.67. The summed E-state index contributed by atoms with van der Waals surface area (Å²) in [7, 11) is -4.67. The Kier molecular flexibility index (Phi) is 4.28. The molecule has 1 rings (SSSR count). The van der Waals surface area contributed by atoms with E-state index in [-0.39, 0.29) is 5.57 Å². The van der Waals surface area contributed by atoms with E-state index in [0.717, 1.165) is 12.2 Å². The summed E-state index contributed by atoms with van der Waals surface area (Å²) in [6, 6.07) is 0. The van der Waals surface area contributed by atoms with Gasteiger partial charge in [-0.15, -0.1) is 0 Å². The summed E-state index contributed by atoms with van der Waals surface area (Å²) in [6.45, 7) is 1.69. The fraction of sp³-hybridized carbons (Fsp3) is 0.273. The van der Waals surface area contributed by atoms with Gasteiger partial charge >= 0.3 is 11.9 Å². The zero-order chi connectivity index (χ0) is 14.8. The van der Waals surface area contributed by atoms with Crippen molar-refractivity contribution in [2.24, 2.45) is 5.92 Å². The Morgan fingerprint density at radius 2 is 1.95 bits per heavy atom. The molecule has 0 saturated heterocycles. The quantitative estimate of drug-likeness (QED) is 0.653. The van der Waals surface area contributed by atoms with E-state index < -0.39 is 38.5 Å². The molecule has 0 aromatic heterocycles. The number of rotatable bonds is 4. The van der Waals surface area contributed by atoms with Crippen LogP contribution in [0.4, 0.5) is 0 Å². The first-order valence-corrected chi connectivity index (χ1v) is 6.70. The maximum atomic E-state index is 11.1. The lowest BCUT2D eigenvalue weighted by atomic mass is 9.87. The molecule has 0 aliphatic heterocycles. The second kappa shape index (κ2) is 5.37. The molecule has 0 heterocycles. The molecule has 0 fully saturated rings. The van der Waals surface area contributed by atoms with Gasteiger partial charge in [-0.25, -0.2) is 4.79 Å². The van der Waals surface area contributed by atoms with E-state index in [1.165, 1.54) is 6.08 Å². The van der Waals surface area contributed by atoms with E-state index in [2.05, 4.69) is 0 Å². The number of hydrogen-bond donors (Lipinski definition) is 3. The summed E-state index contributed by atoms with van der Waals surface area (Å²) in [4.78, 5) is 21.4. The first-order valence-electron chi connectivity index (χ1n) is 5.26. The zero-order valence-electron chi connectivity index (χ0n) is 9.90. The van der Waals surface area contributed by atoms with Crippen LogP contribution in [-0.2, 0) is 19.7 Å². The molecular weight excluding hydrogens is 276 g/mol. The molecule has 1 aliphatic carbocycles. The summed E-state index contributed by atoms with van der Waals surface area (Å²) in [5.74, 6) is -4.28. The van der Waals surface area contributed by atoms with Crippen LogP contribution in [0, 0.1) is 5.92 Å². The van der Waals surface area contributed by atoms with Crippen LogP contribution in [0.2, 0.25) is 0 Å². The van der Waals surface area contributed by atoms with Crippen LogP contribution in [0.5, 0.6) is 0 Å². The van der Waals surface area contributed by atoms with Crippen LogP contribution in [0.15, 0.2) is 34.3 Å². The third kappa shape index (κ3) is 3.30. The van der Waals surface area contributed by atoms with E-state index in [0.29, 0.717) is 6.42 Å². The molecular formula is C11H12O7S. The first kappa shape index (κ1) is 15.1. The van der Waals surface area contributed by atoms with Crippen molar-refractivity contribution < 1.29 is 32.8 Å². The molecule has 0 saturated carbocycles. The third-order valence-electron chi connectivity index (χ3n) is 2.48. The van der Waals surface area contributed by atoms with Crippen LogP contribution >= 0.6 is 0 Å². The van der Waals surface area contributed by atoms with E-state index in [4.69, 9.17) is 14.8 Å². The summed E-state index contributed by atoms with van der Waals surface area (Å²) in [5.41, 5.74) is -0.459. The van der Waals surface area contributed by atoms with Crippen molar-refractivity contribution >= 4 is 22.1 Å². The SMILES string of the molecule is CCC=C1C(C(=O)O)=CC(S(=O)(=O)O)=CC1C(=O)O. The molecule has 19 heavy (non-hydrogen) atoms. The molecule has 3 N–H and O–H groups in total. The average molecular weight is 288 g/mol. The molecule has 0 aromatic carbocycles. The maximum Gasteiger partial charge on any atom is 0.336 e. The van der Waals surface area contributed by atoms with E-state index in [9.17, 15) is 18.0 Å². The van der Waals surface area contributed by atoms with Crippen molar-refractivity contribution in [3.8, 4) is 0 Å². The number of hydrogen-bond acceptors (Lipinski definition) is 4. The Balaban J connectivity index is 3.52. The summed E-state index contributed by atoms with van der Waals surface area (Å²) in [5, 5.41) is 18.0. The average Bonchev–Trinajstić information content (AvgIpc) is 2.27. The molecule has 0 bridgehead atoms. The number of carboxylic acids is 2. The smallest absolute Gasteiger partial charge is 0.336 e. The number of carbonyl (C=O) groups is 2. The van der Waals surface area contributed by atoms with Gasteiger partial charge in [0, 0.05) is 0 Å². The second-order valence-corrected chi connectivity index (χ2v) is 5.21. The van der Waals surface area contributed by atoms with Crippen molar-refractivity contribution in [3.63, 3.8) is 0 Å². The highest BCUT2D eigenvalue weighted by Crippen LogP contribution is 2.31. The Bertz CT molecular complexity index is 607. The minimum Gasteiger partial charge on any atom is -0.481 e. The van der Waals surface area contributed by atoms with Crippen molar-refractivity contribution in [2.75, 3.05) is 0 Å². The molecule has 104 valence electrons. The Hall–Kier alpha value is -1.93. The highest BCUT2D eigenvalue weighted by Gasteiger charge is 2.32. The van der Waals surface area contributed by atoms with Crippen LogP contribution in [-0.4, -0.2) is 35.1 Å². The molecule has 1 aliphatic rings. The highest BCUT2D eigenvalue weighted by molar-refractivity contribution is 7.90. The lowest BCUT2D eigenvalue weighted by Gasteiger charge is -2.19. The monoisotopic (exact) mass is 288 g/mol. The predicted octanol–water partition coefficient (Wildman–Crippen LogP) is 0.820. The third-order valence-corrected chi connectivity index (χ3v) is 3.33. The molecule has 7 nitrogen and oxygen atoms in total. The fourth-order valence-corrected chi connectivity index (χ4v) is 2.28. The van der Waals surface area contributed by atoms with Crippen LogP contribution < -0.4 is 0 Å². The molecule has 1 atom stereocenters. The maximum absolute atomic E-state index is 11.1. The van der Waals surface area contributed by atoms with Crippen LogP contribution in [0.3, 0.4) is 0 Å². The number of carboxylic acid groups (broad SMARTS) is 2. The lowest BCUT2D eigenvalue weighted by Crippen LogP contribution is -2.23. The van der Waals surface area contributed by atoms with E-state index in [1.807, 2.05) is 0 Å². The van der Waals surface area contributed by atoms with Crippen LogP contribution in [0.25, 0.3) is 0 Å². The second-order valence-electron chi connectivity index (χ2n) is 3.79. The van der Waals surface area contributed by atoms with Gasteiger partial charge in [-0.05, 0) is 24.1 Å². The van der Waals surface area contributed by atoms with Gasteiger partial charge < -0.3 is 10.2 Å². The van der Waals surface area contributed by atoms with Crippen LogP contribution in [0.1, 0.15) is 13.3 Å². The normalized spacial score (nSPS) is 21.8. The van der Waals surface area contributed by atoms with Gasteiger partial charge in [0.15, 0.2) is 0 Å². The molecule has 1 unspecified atom stereocenters. The van der Waals surface area contributed by atoms with Crippen molar-refractivity contribution in [2.45, 2.75) is 13.3 Å². The minimum absolute atomic E-state index is 0.00472. The van der Waals surface area contributed by atoms with Gasteiger partial charge in [0.05, 0.1) is 10.5 Å². The summed E-state index contributed by atoms with van der Waals surface area (Å²) < 4.78 is 31.0. The zero-order valence-corrected chi connectivity index (χ0v) is 10.7.